The number of aliphatic hydroxyl groups is 1. The van der Waals surface area contributed by atoms with E-state index in [-0.39, 0.29) is 16.6 Å². The van der Waals surface area contributed by atoms with E-state index in [0.717, 1.165) is 24.8 Å². The number of fused-ring (bicyclic) bond motifs is 1. The third-order valence-corrected chi connectivity index (χ3v) is 5.03. The van der Waals surface area contributed by atoms with E-state index in [1.807, 2.05) is 0 Å². The summed E-state index contributed by atoms with van der Waals surface area (Å²) in [5.74, 6) is -0.0545. The molecule has 3 rings (SSSR count). The molecule has 1 fully saturated rings. The van der Waals surface area contributed by atoms with Gasteiger partial charge in [-0.1, -0.05) is 25.5 Å². The minimum Gasteiger partial charge on any atom is -0.381 e. The van der Waals surface area contributed by atoms with Gasteiger partial charge in [0.25, 0.3) is 0 Å². The van der Waals surface area contributed by atoms with Gasteiger partial charge in [-0.05, 0) is 44.1 Å². The van der Waals surface area contributed by atoms with Crippen LogP contribution in [0.15, 0.2) is 22.8 Å². The molecule has 0 radical (unpaired) electrons. The number of hydrogen-bond donors (Lipinski definition) is 1. The SMILES string of the molecule is CC1=C2CC(C)(C)C=C2C(=O)[C@](C)(O)C12CC2. The van der Waals surface area contributed by atoms with Crippen LogP contribution in [0.3, 0.4) is 0 Å². The Kier molecular flexibility index (Phi) is 1.81. The standard InChI is InChI=1S/C15H20O2/c1-9-10-7-13(2,3)8-11(10)12(16)14(4,17)15(9)5-6-15/h8,17H,5-7H2,1-4H3/t14-/m0/s1. The van der Waals surface area contributed by atoms with Crippen molar-refractivity contribution in [2.75, 3.05) is 0 Å². The van der Waals surface area contributed by atoms with Gasteiger partial charge in [-0.3, -0.25) is 4.79 Å². The molecule has 0 aromatic carbocycles. The highest BCUT2D eigenvalue weighted by Gasteiger charge is 2.65. The van der Waals surface area contributed by atoms with Crippen LogP contribution in [0.2, 0.25) is 0 Å². The van der Waals surface area contributed by atoms with Crippen LogP contribution in [-0.2, 0) is 4.79 Å². The van der Waals surface area contributed by atoms with E-state index >= 15 is 0 Å². The van der Waals surface area contributed by atoms with Crippen molar-refractivity contribution in [2.24, 2.45) is 10.8 Å². The Morgan fingerprint density at radius 3 is 2.35 bits per heavy atom. The Hall–Kier alpha value is -0.890. The van der Waals surface area contributed by atoms with Gasteiger partial charge in [-0.2, -0.15) is 0 Å². The molecule has 92 valence electrons. The number of ketones is 1. The van der Waals surface area contributed by atoms with E-state index in [1.165, 1.54) is 11.1 Å². The molecular formula is C15H20O2. The van der Waals surface area contributed by atoms with Gasteiger partial charge in [-0.15, -0.1) is 0 Å². The van der Waals surface area contributed by atoms with Gasteiger partial charge in [0.05, 0.1) is 0 Å². The minimum atomic E-state index is -1.19. The second-order valence-electron chi connectivity index (χ2n) is 6.81. The highest BCUT2D eigenvalue weighted by molar-refractivity contribution is 6.08. The van der Waals surface area contributed by atoms with E-state index in [0.29, 0.717) is 0 Å². The molecule has 17 heavy (non-hydrogen) atoms. The number of Topliss-reactive ketones (excluding diaryl/α,β-unsaturated/α-hetero) is 1. The zero-order valence-corrected chi connectivity index (χ0v) is 11.1. The van der Waals surface area contributed by atoms with Crippen LogP contribution in [0.5, 0.6) is 0 Å². The molecule has 3 aliphatic rings. The molecule has 0 saturated heterocycles. The fraction of sp³-hybridized carbons (Fsp3) is 0.667. The van der Waals surface area contributed by atoms with Crippen molar-refractivity contribution in [2.45, 2.75) is 52.6 Å². The Balaban J connectivity index is 2.24. The zero-order chi connectivity index (χ0) is 12.6. The Morgan fingerprint density at radius 1 is 1.24 bits per heavy atom. The van der Waals surface area contributed by atoms with Gasteiger partial charge in [0, 0.05) is 11.0 Å². The third kappa shape index (κ3) is 1.17. The fourth-order valence-electron chi connectivity index (χ4n) is 3.74. The molecule has 2 nitrogen and oxygen atoms in total. The van der Waals surface area contributed by atoms with E-state index in [4.69, 9.17) is 0 Å². The minimum absolute atomic E-state index is 0.0537. The van der Waals surface area contributed by atoms with Crippen LogP contribution in [-0.4, -0.2) is 16.5 Å². The predicted molar refractivity (Wildman–Crippen MR) is 66.5 cm³/mol. The summed E-state index contributed by atoms with van der Waals surface area (Å²) in [6.07, 6.45) is 4.90. The summed E-state index contributed by atoms with van der Waals surface area (Å²) in [7, 11) is 0. The van der Waals surface area contributed by atoms with Crippen LogP contribution in [0.4, 0.5) is 0 Å². The number of carbonyl (C=O) groups excluding carboxylic acids is 1. The lowest BCUT2D eigenvalue weighted by Crippen LogP contribution is -2.49. The van der Waals surface area contributed by atoms with E-state index in [9.17, 15) is 9.90 Å². The lowest BCUT2D eigenvalue weighted by atomic mass is 9.68. The first-order chi connectivity index (χ1) is 7.71. The summed E-state index contributed by atoms with van der Waals surface area (Å²) < 4.78 is 0. The average molecular weight is 232 g/mol. The molecule has 1 saturated carbocycles. The summed E-state index contributed by atoms with van der Waals surface area (Å²) in [6, 6.07) is 0. The van der Waals surface area contributed by atoms with E-state index < -0.39 is 5.60 Å². The van der Waals surface area contributed by atoms with Gasteiger partial charge in [-0.25, -0.2) is 0 Å². The van der Waals surface area contributed by atoms with Crippen molar-refractivity contribution in [3.05, 3.63) is 22.8 Å². The average Bonchev–Trinajstić information content (AvgIpc) is 2.95. The largest absolute Gasteiger partial charge is 0.381 e. The second-order valence-corrected chi connectivity index (χ2v) is 6.81. The van der Waals surface area contributed by atoms with Crippen molar-refractivity contribution < 1.29 is 9.90 Å². The molecule has 2 heteroatoms. The molecule has 0 bridgehead atoms. The summed E-state index contributed by atoms with van der Waals surface area (Å²) >= 11 is 0. The number of hydrogen-bond acceptors (Lipinski definition) is 2. The van der Waals surface area contributed by atoms with Gasteiger partial charge in [0.1, 0.15) is 5.60 Å². The highest BCUT2D eigenvalue weighted by Crippen LogP contribution is 2.65. The second kappa shape index (κ2) is 2.74. The van der Waals surface area contributed by atoms with Crippen LogP contribution < -0.4 is 0 Å². The quantitative estimate of drug-likeness (QED) is 0.697. The summed E-state index contributed by atoms with van der Waals surface area (Å²) in [5.41, 5.74) is 1.89. The maximum Gasteiger partial charge on any atom is 0.194 e. The van der Waals surface area contributed by atoms with E-state index in [2.05, 4.69) is 26.8 Å². The normalized spacial score (nSPS) is 37.2. The lowest BCUT2D eigenvalue weighted by molar-refractivity contribution is -0.137. The molecule has 3 aliphatic carbocycles. The van der Waals surface area contributed by atoms with Crippen LogP contribution in [0, 0.1) is 10.8 Å². The summed E-state index contributed by atoms with van der Waals surface area (Å²) in [6.45, 7) is 8.12. The molecule has 1 atom stereocenters. The van der Waals surface area contributed by atoms with Crippen molar-refractivity contribution in [3.8, 4) is 0 Å². The van der Waals surface area contributed by atoms with Crippen molar-refractivity contribution in [3.63, 3.8) is 0 Å². The first kappa shape index (κ1) is 11.2. The Morgan fingerprint density at radius 2 is 1.82 bits per heavy atom. The molecule has 0 amide bonds. The maximum atomic E-state index is 12.5. The van der Waals surface area contributed by atoms with Gasteiger partial charge < -0.3 is 5.11 Å². The van der Waals surface area contributed by atoms with Gasteiger partial charge >= 0.3 is 0 Å². The zero-order valence-electron chi connectivity index (χ0n) is 11.1. The molecule has 0 aliphatic heterocycles. The predicted octanol–water partition coefficient (Wildman–Crippen LogP) is 2.77. The first-order valence-corrected chi connectivity index (χ1v) is 6.42. The van der Waals surface area contributed by atoms with Crippen LogP contribution in [0.25, 0.3) is 0 Å². The first-order valence-electron chi connectivity index (χ1n) is 6.42. The molecular weight excluding hydrogens is 212 g/mol. The molecule has 0 unspecified atom stereocenters. The summed E-state index contributed by atoms with van der Waals surface area (Å²) in [4.78, 5) is 12.5. The topological polar surface area (TPSA) is 37.3 Å². The van der Waals surface area contributed by atoms with Crippen LogP contribution >= 0.6 is 0 Å². The maximum absolute atomic E-state index is 12.5. The molecule has 0 heterocycles. The molecule has 0 aromatic heterocycles. The fourth-order valence-corrected chi connectivity index (χ4v) is 3.74. The molecule has 1 N–H and O–H groups in total. The number of rotatable bonds is 0. The summed E-state index contributed by atoms with van der Waals surface area (Å²) in [5, 5.41) is 10.6. The van der Waals surface area contributed by atoms with Crippen molar-refractivity contribution in [1.29, 1.82) is 0 Å². The van der Waals surface area contributed by atoms with Crippen LogP contribution in [0.1, 0.15) is 47.0 Å². The Labute approximate surface area is 102 Å². The molecule has 1 spiro atoms. The van der Waals surface area contributed by atoms with Crippen molar-refractivity contribution >= 4 is 5.78 Å². The smallest absolute Gasteiger partial charge is 0.194 e. The number of allylic oxidation sites excluding steroid dienone is 2. The van der Waals surface area contributed by atoms with E-state index in [1.54, 1.807) is 6.92 Å². The lowest BCUT2D eigenvalue weighted by Gasteiger charge is -2.38. The Bertz CT molecular complexity index is 485. The highest BCUT2D eigenvalue weighted by atomic mass is 16.3. The monoisotopic (exact) mass is 232 g/mol. The van der Waals surface area contributed by atoms with Crippen molar-refractivity contribution in [1.82, 2.24) is 0 Å². The third-order valence-electron chi connectivity index (χ3n) is 5.03. The van der Waals surface area contributed by atoms with Gasteiger partial charge in [0.15, 0.2) is 5.78 Å². The molecule has 0 aromatic rings. The van der Waals surface area contributed by atoms with Gasteiger partial charge in [0.2, 0.25) is 0 Å². The number of carbonyl (C=O) groups is 1.